The molecule has 0 aromatic carbocycles. The van der Waals surface area contributed by atoms with Crippen molar-refractivity contribution in [2.75, 3.05) is 0 Å². The number of hydrogen-bond donors (Lipinski definition) is 1. The van der Waals surface area contributed by atoms with Crippen molar-refractivity contribution < 1.29 is 0 Å². The van der Waals surface area contributed by atoms with E-state index in [9.17, 15) is 0 Å². The predicted octanol–water partition coefficient (Wildman–Crippen LogP) is 5.57. The van der Waals surface area contributed by atoms with E-state index in [1.165, 1.54) is 15.6 Å². The van der Waals surface area contributed by atoms with Crippen LogP contribution in [-0.4, -0.2) is 15.2 Å². The Kier molecular flexibility index (Phi) is 3.83. The maximum atomic E-state index is 4.61. The van der Waals surface area contributed by atoms with Gasteiger partial charge in [-0.2, -0.15) is 5.10 Å². The minimum absolute atomic E-state index is 0.0615. The van der Waals surface area contributed by atoms with Gasteiger partial charge in [0.1, 0.15) is 11.4 Å². The minimum atomic E-state index is 0.0615. The summed E-state index contributed by atoms with van der Waals surface area (Å²) in [5, 5.41) is 11.3. The molecule has 0 spiro atoms. The number of pyridine rings is 1. The fourth-order valence-electron chi connectivity index (χ4n) is 2.73. The summed E-state index contributed by atoms with van der Waals surface area (Å²) in [7, 11) is 0. The molecule has 0 amide bonds. The average Bonchev–Trinajstić information content (AvgIpc) is 3.03. The van der Waals surface area contributed by atoms with Gasteiger partial charge in [0.25, 0.3) is 0 Å². The molecular weight excluding hydrogens is 302 g/mol. The van der Waals surface area contributed by atoms with E-state index in [2.05, 4.69) is 74.2 Å². The van der Waals surface area contributed by atoms with Crippen LogP contribution in [0.5, 0.6) is 0 Å². The molecule has 3 aromatic heterocycles. The van der Waals surface area contributed by atoms with Crippen molar-refractivity contribution in [2.24, 2.45) is 5.41 Å². The van der Waals surface area contributed by atoms with Gasteiger partial charge >= 0.3 is 0 Å². The van der Waals surface area contributed by atoms with Crippen LogP contribution in [0.3, 0.4) is 0 Å². The van der Waals surface area contributed by atoms with Crippen LogP contribution in [0.15, 0.2) is 23.7 Å². The summed E-state index contributed by atoms with van der Waals surface area (Å²) in [6.45, 7) is 13.4. The molecule has 3 rings (SSSR count). The molecule has 0 aliphatic rings. The lowest BCUT2D eigenvalue weighted by Gasteiger charge is -2.17. The zero-order valence-corrected chi connectivity index (χ0v) is 15.6. The van der Waals surface area contributed by atoms with Crippen molar-refractivity contribution in [3.63, 3.8) is 0 Å². The summed E-state index contributed by atoms with van der Waals surface area (Å²) >= 11 is 1.78. The number of hydrogen-bond acceptors (Lipinski definition) is 3. The van der Waals surface area contributed by atoms with Gasteiger partial charge in [-0.3, -0.25) is 10.1 Å². The smallest absolute Gasteiger partial charge is 0.112 e. The van der Waals surface area contributed by atoms with Crippen molar-refractivity contribution in [3.05, 3.63) is 35.0 Å². The third-order valence-electron chi connectivity index (χ3n) is 3.92. The van der Waals surface area contributed by atoms with E-state index < -0.39 is 0 Å². The number of aromatic nitrogens is 3. The number of nitrogens with one attached hydrogen (secondary N) is 1. The Bertz CT molecular complexity index is 828. The largest absolute Gasteiger partial charge is 0.281 e. The highest BCUT2D eigenvalue weighted by Crippen LogP contribution is 2.36. The molecule has 0 bridgehead atoms. The third-order valence-corrected chi connectivity index (χ3v) is 4.97. The summed E-state index contributed by atoms with van der Waals surface area (Å²) in [5.41, 5.74) is 4.81. The van der Waals surface area contributed by atoms with Gasteiger partial charge in [-0.05, 0) is 40.3 Å². The topological polar surface area (TPSA) is 41.6 Å². The Hall–Kier alpha value is -1.68. The number of nitrogens with zero attached hydrogens (tertiary/aromatic N) is 2. The van der Waals surface area contributed by atoms with Crippen LogP contribution in [0.4, 0.5) is 0 Å². The second kappa shape index (κ2) is 5.45. The normalized spacial score (nSPS) is 13.0. The highest BCUT2D eigenvalue weighted by atomic mass is 32.1. The molecule has 0 fully saturated rings. The Morgan fingerprint density at radius 2 is 1.87 bits per heavy atom. The summed E-state index contributed by atoms with van der Waals surface area (Å²) in [6, 6.07) is 4.26. The second-order valence-corrected chi connectivity index (χ2v) is 9.33. The molecule has 3 heterocycles. The van der Waals surface area contributed by atoms with Crippen molar-refractivity contribution in [2.45, 2.75) is 53.4 Å². The molecule has 0 atom stereocenters. The maximum absolute atomic E-state index is 4.61. The first-order valence-corrected chi connectivity index (χ1v) is 8.94. The first-order chi connectivity index (χ1) is 10.6. The Labute approximate surface area is 142 Å². The average molecular weight is 327 g/mol. The highest BCUT2D eigenvalue weighted by Gasteiger charge is 2.20. The monoisotopic (exact) mass is 327 g/mol. The number of rotatable bonds is 2. The zero-order chi connectivity index (χ0) is 16.8. The van der Waals surface area contributed by atoms with Gasteiger partial charge in [-0.1, -0.05) is 41.5 Å². The number of H-pyrrole nitrogens is 1. The number of aromatic amines is 1. The SMILES string of the molecule is CC(C)(C)Cc1csc2c(-c3cc(C(C)(C)C)[nH]n3)nccc12. The van der Waals surface area contributed by atoms with E-state index in [1.54, 1.807) is 11.3 Å². The Balaban J connectivity index is 2.07. The highest BCUT2D eigenvalue weighted by molar-refractivity contribution is 7.18. The van der Waals surface area contributed by atoms with Gasteiger partial charge < -0.3 is 0 Å². The van der Waals surface area contributed by atoms with Gasteiger partial charge in [-0.25, -0.2) is 0 Å². The molecule has 0 saturated carbocycles. The van der Waals surface area contributed by atoms with Crippen LogP contribution in [0, 0.1) is 5.41 Å². The van der Waals surface area contributed by atoms with Crippen molar-refractivity contribution in [1.82, 2.24) is 15.2 Å². The Morgan fingerprint density at radius 3 is 2.48 bits per heavy atom. The van der Waals surface area contributed by atoms with Crippen LogP contribution in [0.25, 0.3) is 21.5 Å². The van der Waals surface area contributed by atoms with E-state index in [0.717, 1.165) is 23.5 Å². The van der Waals surface area contributed by atoms with Crippen LogP contribution in [0.2, 0.25) is 0 Å². The van der Waals surface area contributed by atoms with Crippen LogP contribution < -0.4 is 0 Å². The quantitative estimate of drug-likeness (QED) is 0.668. The lowest BCUT2D eigenvalue weighted by atomic mass is 9.88. The molecule has 4 heteroatoms. The van der Waals surface area contributed by atoms with Gasteiger partial charge in [0.2, 0.25) is 0 Å². The molecule has 3 nitrogen and oxygen atoms in total. The maximum Gasteiger partial charge on any atom is 0.112 e. The predicted molar refractivity (Wildman–Crippen MR) is 99.1 cm³/mol. The van der Waals surface area contributed by atoms with E-state index in [4.69, 9.17) is 0 Å². The molecule has 0 aliphatic carbocycles. The van der Waals surface area contributed by atoms with E-state index >= 15 is 0 Å². The third kappa shape index (κ3) is 3.32. The molecule has 0 saturated heterocycles. The molecule has 0 radical (unpaired) electrons. The van der Waals surface area contributed by atoms with Gasteiger partial charge in [0.15, 0.2) is 0 Å². The molecule has 122 valence electrons. The summed E-state index contributed by atoms with van der Waals surface area (Å²) < 4.78 is 1.23. The van der Waals surface area contributed by atoms with Gasteiger partial charge in [0, 0.05) is 17.3 Å². The van der Waals surface area contributed by atoms with E-state index in [0.29, 0.717) is 0 Å². The lowest BCUT2D eigenvalue weighted by molar-refractivity contribution is 0.413. The van der Waals surface area contributed by atoms with E-state index in [-0.39, 0.29) is 10.8 Å². The fourth-order valence-corrected chi connectivity index (χ4v) is 3.80. The van der Waals surface area contributed by atoms with Crippen molar-refractivity contribution >= 4 is 21.4 Å². The van der Waals surface area contributed by atoms with Gasteiger partial charge in [-0.15, -0.1) is 11.3 Å². The molecule has 0 unspecified atom stereocenters. The standard InChI is InChI=1S/C19H25N3S/c1-18(2,3)10-12-11-23-17-13(12)7-8-20-16(17)14-9-15(22-21-14)19(4,5)6/h7-9,11H,10H2,1-6H3,(H,21,22). The first kappa shape index (κ1) is 16.2. The summed E-state index contributed by atoms with van der Waals surface area (Å²) in [5.74, 6) is 0. The molecular formula is C19H25N3S. The fraction of sp³-hybridized carbons (Fsp3) is 0.474. The number of thiophene rings is 1. The number of fused-ring (bicyclic) bond motifs is 1. The lowest BCUT2D eigenvalue weighted by Crippen LogP contribution is -2.11. The molecule has 23 heavy (non-hydrogen) atoms. The van der Waals surface area contributed by atoms with Crippen LogP contribution >= 0.6 is 11.3 Å². The van der Waals surface area contributed by atoms with Crippen molar-refractivity contribution in [3.8, 4) is 11.4 Å². The van der Waals surface area contributed by atoms with Crippen molar-refractivity contribution in [1.29, 1.82) is 0 Å². The second-order valence-electron chi connectivity index (χ2n) is 8.45. The first-order valence-electron chi connectivity index (χ1n) is 8.06. The Morgan fingerprint density at radius 1 is 1.13 bits per heavy atom. The molecule has 3 aromatic rings. The van der Waals surface area contributed by atoms with E-state index in [1.807, 2.05) is 6.20 Å². The van der Waals surface area contributed by atoms with Crippen LogP contribution in [-0.2, 0) is 11.8 Å². The van der Waals surface area contributed by atoms with Gasteiger partial charge in [0.05, 0.1) is 4.70 Å². The summed E-state index contributed by atoms with van der Waals surface area (Å²) in [6.07, 6.45) is 2.98. The van der Waals surface area contributed by atoms with Crippen LogP contribution in [0.1, 0.15) is 52.8 Å². The molecule has 1 N–H and O–H groups in total. The summed E-state index contributed by atoms with van der Waals surface area (Å²) in [4.78, 5) is 4.61. The molecule has 0 aliphatic heterocycles. The minimum Gasteiger partial charge on any atom is -0.281 e. The zero-order valence-electron chi connectivity index (χ0n) is 14.8.